The summed E-state index contributed by atoms with van der Waals surface area (Å²) in [5.41, 5.74) is 5.66. The highest BCUT2D eigenvalue weighted by Gasteiger charge is 2.23. The number of hydrogen-bond donors (Lipinski definition) is 0. The number of rotatable bonds is 26. The topological polar surface area (TPSA) is 125 Å². The van der Waals surface area contributed by atoms with Crippen LogP contribution in [0.15, 0.2) is 89.1 Å². The van der Waals surface area contributed by atoms with E-state index in [1.54, 1.807) is 6.92 Å². The summed E-state index contributed by atoms with van der Waals surface area (Å²) in [6.45, 7) is 10.7. The van der Waals surface area contributed by atoms with Crippen LogP contribution in [-0.4, -0.2) is 124 Å². The average molecular weight is 811 g/mol. The molecule has 0 N–H and O–H groups in total. The third kappa shape index (κ3) is 15.7. The first-order valence-electron chi connectivity index (χ1n) is 19.7. The van der Waals surface area contributed by atoms with Gasteiger partial charge in [0.2, 0.25) is 0 Å². The number of likely N-dealkylation sites (N-methyl/N-ethyl adjacent to an activating group) is 2. The monoisotopic (exact) mass is 810 g/mol. The summed E-state index contributed by atoms with van der Waals surface area (Å²) >= 11 is 1.17. The Balaban J connectivity index is 1.58. The smallest absolute Gasteiger partial charge is 0.158 e. The maximum atomic E-state index is 9.72. The zero-order valence-corrected chi connectivity index (χ0v) is 36.0. The van der Waals surface area contributed by atoms with Gasteiger partial charge in [-0.05, 0) is 68.4 Å². The van der Waals surface area contributed by atoms with Crippen molar-refractivity contribution in [1.82, 2.24) is 4.90 Å². The predicted molar refractivity (Wildman–Crippen MR) is 230 cm³/mol. The summed E-state index contributed by atoms with van der Waals surface area (Å²) in [5.74, 6) is 0. The molecule has 310 valence electrons. The van der Waals surface area contributed by atoms with E-state index in [-0.39, 0.29) is 12.2 Å². The summed E-state index contributed by atoms with van der Waals surface area (Å²) in [7, 11) is 10.5. The zero-order valence-electron chi connectivity index (χ0n) is 35.2. The Morgan fingerprint density at radius 3 is 1.76 bits per heavy atom. The molecule has 2 atom stereocenters. The predicted octanol–water partition coefficient (Wildman–Crippen LogP) is 8.16. The molecule has 4 rings (SSSR count). The maximum absolute atomic E-state index is 9.72. The van der Waals surface area contributed by atoms with Gasteiger partial charge in [0.05, 0.1) is 85.2 Å². The lowest BCUT2D eigenvalue weighted by Gasteiger charge is -2.33. The molecule has 4 aromatic rings. The molecule has 0 aliphatic carbocycles. The minimum atomic E-state index is -0.281. The second kappa shape index (κ2) is 24.4. The summed E-state index contributed by atoms with van der Waals surface area (Å²) in [5, 5.41) is 28.6. The van der Waals surface area contributed by atoms with Gasteiger partial charge >= 0.3 is 0 Å². The fourth-order valence-corrected chi connectivity index (χ4v) is 6.77. The van der Waals surface area contributed by atoms with E-state index >= 15 is 0 Å². The number of quaternary nitrogens is 1. The van der Waals surface area contributed by atoms with Gasteiger partial charge in [-0.1, -0.05) is 60.7 Å². The average Bonchev–Trinajstić information content (AvgIpc) is 3.53. The van der Waals surface area contributed by atoms with Gasteiger partial charge in [0.1, 0.15) is 35.8 Å². The molecule has 0 aliphatic rings. The van der Waals surface area contributed by atoms with Gasteiger partial charge in [-0.3, -0.25) is 0 Å². The molecule has 12 nitrogen and oxygen atoms in total. The van der Waals surface area contributed by atoms with E-state index in [2.05, 4.69) is 83.6 Å². The number of aryl methyl sites for hydroxylation is 1. The van der Waals surface area contributed by atoms with Crippen LogP contribution in [0.4, 0.5) is 16.4 Å². The van der Waals surface area contributed by atoms with E-state index in [1.807, 2.05) is 69.6 Å². The fraction of sp³-hybridized carbons (Fsp3) is 0.467. The Morgan fingerprint density at radius 2 is 1.24 bits per heavy atom. The van der Waals surface area contributed by atoms with E-state index in [9.17, 15) is 10.5 Å². The standard InChI is InChI=1S/C45H60N7O5S/c1-35-30-39(18-19-41(35)48-49-45-40(31-46)36(2)44(32-47)58-45)51(33-42(37-14-10-8-11-15-37)56-28-26-54-23-21-52(5,6)7)34-43(38-16-12-9-13-17-38)57-29-27-55-25-24-53-22-20-50(3)4/h8-19,30,42-43H,20-29,33-34H2,1-7H3/q+1. The van der Waals surface area contributed by atoms with Crippen molar-refractivity contribution in [3.8, 4) is 12.1 Å². The summed E-state index contributed by atoms with van der Waals surface area (Å²) in [6.07, 6.45) is -0.548. The summed E-state index contributed by atoms with van der Waals surface area (Å²) in [6, 6.07) is 30.9. The molecule has 0 saturated carbocycles. The largest absolute Gasteiger partial charge is 0.378 e. The zero-order chi connectivity index (χ0) is 41.8. The molecule has 1 heterocycles. The van der Waals surface area contributed by atoms with Gasteiger partial charge in [0.25, 0.3) is 0 Å². The molecule has 0 aliphatic heterocycles. The molecule has 1 aromatic heterocycles. The first-order chi connectivity index (χ1) is 28.0. The van der Waals surface area contributed by atoms with E-state index in [0.29, 0.717) is 92.6 Å². The van der Waals surface area contributed by atoms with Gasteiger partial charge in [-0.15, -0.1) is 21.6 Å². The van der Waals surface area contributed by atoms with E-state index in [0.717, 1.165) is 40.0 Å². The van der Waals surface area contributed by atoms with Crippen LogP contribution in [0.25, 0.3) is 0 Å². The lowest BCUT2D eigenvalue weighted by atomic mass is 10.1. The molecule has 0 fully saturated rings. The number of benzene rings is 3. The first kappa shape index (κ1) is 46.2. The van der Waals surface area contributed by atoms with Crippen LogP contribution in [0.3, 0.4) is 0 Å². The Morgan fingerprint density at radius 1 is 0.690 bits per heavy atom. The molecule has 3 aromatic carbocycles. The van der Waals surface area contributed by atoms with Crippen LogP contribution in [0.1, 0.15) is 44.9 Å². The van der Waals surface area contributed by atoms with Crippen molar-refractivity contribution in [2.75, 3.05) is 119 Å². The lowest BCUT2D eigenvalue weighted by molar-refractivity contribution is -0.870. The Kier molecular flexibility index (Phi) is 19.4. The van der Waals surface area contributed by atoms with Gasteiger partial charge < -0.3 is 38.0 Å². The van der Waals surface area contributed by atoms with Gasteiger partial charge in [0.15, 0.2) is 5.00 Å². The molecular weight excluding hydrogens is 751 g/mol. The van der Waals surface area contributed by atoms with Crippen molar-refractivity contribution in [2.24, 2.45) is 10.2 Å². The molecule has 13 heteroatoms. The van der Waals surface area contributed by atoms with E-state index in [4.69, 9.17) is 23.7 Å². The Hall–Kier alpha value is -4.54. The quantitative estimate of drug-likeness (QED) is 0.0351. The third-order valence-corrected chi connectivity index (χ3v) is 10.4. The van der Waals surface area contributed by atoms with Crippen molar-refractivity contribution in [3.05, 3.63) is 112 Å². The van der Waals surface area contributed by atoms with E-state index < -0.39 is 0 Å². The molecule has 0 spiro atoms. The second-order valence-electron chi connectivity index (χ2n) is 15.2. The van der Waals surface area contributed by atoms with Crippen LogP contribution in [0.2, 0.25) is 0 Å². The molecule has 58 heavy (non-hydrogen) atoms. The van der Waals surface area contributed by atoms with Crippen molar-refractivity contribution in [2.45, 2.75) is 26.1 Å². The summed E-state index contributed by atoms with van der Waals surface area (Å²) < 4.78 is 31.6. The highest BCUT2D eigenvalue weighted by molar-refractivity contribution is 7.16. The van der Waals surface area contributed by atoms with Crippen molar-refractivity contribution in [1.29, 1.82) is 10.5 Å². The number of anilines is 1. The van der Waals surface area contributed by atoms with Crippen LogP contribution in [0.5, 0.6) is 0 Å². The number of azo groups is 1. The number of nitriles is 2. The molecule has 2 unspecified atom stereocenters. The molecule has 0 amide bonds. The van der Waals surface area contributed by atoms with E-state index in [1.165, 1.54) is 11.3 Å². The lowest BCUT2D eigenvalue weighted by Crippen LogP contribution is -2.37. The van der Waals surface area contributed by atoms with Crippen LogP contribution < -0.4 is 4.90 Å². The minimum absolute atomic E-state index is 0.268. The molecular formula is C45H60N7O5S+. The highest BCUT2D eigenvalue weighted by Crippen LogP contribution is 2.36. The normalized spacial score (nSPS) is 12.8. The maximum Gasteiger partial charge on any atom is 0.158 e. The van der Waals surface area contributed by atoms with Crippen molar-refractivity contribution >= 4 is 27.7 Å². The molecule has 0 bridgehead atoms. The fourth-order valence-electron chi connectivity index (χ4n) is 5.89. The van der Waals surface area contributed by atoms with Crippen molar-refractivity contribution in [3.63, 3.8) is 0 Å². The second-order valence-corrected chi connectivity index (χ2v) is 16.2. The van der Waals surface area contributed by atoms with Gasteiger partial charge in [-0.2, -0.15) is 10.5 Å². The number of nitrogens with zero attached hydrogens (tertiary/aromatic N) is 7. The third-order valence-electron chi connectivity index (χ3n) is 9.31. The first-order valence-corrected chi connectivity index (χ1v) is 20.5. The van der Waals surface area contributed by atoms with Crippen molar-refractivity contribution < 1.29 is 28.2 Å². The minimum Gasteiger partial charge on any atom is -0.378 e. The van der Waals surface area contributed by atoms with Gasteiger partial charge in [-0.25, -0.2) is 0 Å². The highest BCUT2D eigenvalue weighted by atomic mass is 32.1. The van der Waals surface area contributed by atoms with Crippen LogP contribution in [0, 0.1) is 36.5 Å². The Labute approximate surface area is 349 Å². The van der Waals surface area contributed by atoms with Crippen LogP contribution >= 0.6 is 11.3 Å². The Bertz CT molecular complexity index is 1920. The SMILES string of the molecule is Cc1cc(N(CC(OCCOCCOCCN(C)C)c2ccccc2)CC(OCCOCC[N+](C)(C)C)c2ccccc2)ccc1N=Nc1sc(C#N)c(C)c1C#N. The summed E-state index contributed by atoms with van der Waals surface area (Å²) in [4.78, 5) is 4.85. The molecule has 0 saturated heterocycles. The van der Waals surface area contributed by atoms with Crippen LogP contribution in [-0.2, 0) is 23.7 Å². The molecule has 0 radical (unpaired) electrons. The number of ether oxygens (including phenoxy) is 5. The number of thiophene rings is 1. The number of hydrogen-bond acceptors (Lipinski definition) is 12. The van der Waals surface area contributed by atoms with Gasteiger partial charge in [0, 0.05) is 25.3 Å².